The molecule has 1 aliphatic rings. The molecule has 0 bridgehead atoms. The van der Waals surface area contributed by atoms with Crippen molar-refractivity contribution in [2.24, 2.45) is 5.92 Å². The molecule has 1 aliphatic heterocycles. The molecule has 1 fully saturated rings. The zero-order valence-electron chi connectivity index (χ0n) is 21.6. The van der Waals surface area contributed by atoms with Gasteiger partial charge in [0.25, 0.3) is 11.8 Å². The van der Waals surface area contributed by atoms with E-state index in [9.17, 15) is 14.4 Å². The van der Waals surface area contributed by atoms with Gasteiger partial charge in [-0.1, -0.05) is 13.8 Å². The maximum atomic E-state index is 12.8. The van der Waals surface area contributed by atoms with Crippen LogP contribution in [0, 0.1) is 12.8 Å². The van der Waals surface area contributed by atoms with Crippen molar-refractivity contribution in [2.75, 3.05) is 44.1 Å². The summed E-state index contributed by atoms with van der Waals surface area (Å²) in [6, 6.07) is 9.55. The SMILES string of the molecule is COc1cc(OC)cc(C(=O)N[C@@H](C(=O)OCC(=O)Nc2ccc(N3CCCC3)c(C)c2)C(C)C)c1. The number of esters is 1. The zero-order valence-corrected chi connectivity index (χ0v) is 21.6. The largest absolute Gasteiger partial charge is 0.497 e. The number of ether oxygens (including phenoxy) is 3. The van der Waals surface area contributed by atoms with E-state index < -0.39 is 30.4 Å². The van der Waals surface area contributed by atoms with Gasteiger partial charge in [0.1, 0.15) is 17.5 Å². The molecule has 2 amide bonds. The van der Waals surface area contributed by atoms with Crippen LogP contribution in [0.5, 0.6) is 11.5 Å². The summed E-state index contributed by atoms with van der Waals surface area (Å²) in [5, 5.41) is 5.45. The molecule has 0 saturated carbocycles. The lowest BCUT2D eigenvalue weighted by atomic mass is 10.0. The molecule has 194 valence electrons. The molecule has 0 aliphatic carbocycles. The average Bonchev–Trinajstić information content (AvgIpc) is 3.39. The van der Waals surface area contributed by atoms with Crippen LogP contribution in [-0.2, 0) is 14.3 Å². The number of carbonyl (C=O) groups excluding carboxylic acids is 3. The average molecular weight is 498 g/mol. The van der Waals surface area contributed by atoms with Crippen LogP contribution in [0.3, 0.4) is 0 Å². The first-order valence-corrected chi connectivity index (χ1v) is 12.1. The Bertz CT molecular complexity index is 1070. The van der Waals surface area contributed by atoms with E-state index in [2.05, 4.69) is 15.5 Å². The highest BCUT2D eigenvalue weighted by Crippen LogP contribution is 2.27. The topological polar surface area (TPSA) is 106 Å². The van der Waals surface area contributed by atoms with E-state index in [4.69, 9.17) is 14.2 Å². The molecule has 2 aromatic carbocycles. The van der Waals surface area contributed by atoms with Gasteiger partial charge < -0.3 is 29.7 Å². The third-order valence-corrected chi connectivity index (χ3v) is 6.09. The van der Waals surface area contributed by atoms with Gasteiger partial charge in [-0.15, -0.1) is 0 Å². The summed E-state index contributed by atoms with van der Waals surface area (Å²) in [6.07, 6.45) is 2.38. The molecular weight excluding hydrogens is 462 g/mol. The van der Waals surface area contributed by atoms with E-state index in [0.717, 1.165) is 18.7 Å². The van der Waals surface area contributed by atoms with Gasteiger partial charge in [-0.2, -0.15) is 0 Å². The fourth-order valence-corrected chi connectivity index (χ4v) is 4.13. The molecule has 2 aromatic rings. The van der Waals surface area contributed by atoms with E-state index in [0.29, 0.717) is 17.2 Å². The maximum Gasteiger partial charge on any atom is 0.329 e. The van der Waals surface area contributed by atoms with Crippen LogP contribution in [0.25, 0.3) is 0 Å². The third kappa shape index (κ3) is 6.90. The second-order valence-electron chi connectivity index (χ2n) is 9.15. The lowest BCUT2D eigenvalue weighted by Crippen LogP contribution is -2.46. The summed E-state index contributed by atoms with van der Waals surface area (Å²) in [4.78, 5) is 40.3. The second kappa shape index (κ2) is 12.3. The molecule has 1 saturated heterocycles. The number of nitrogens with zero attached hydrogens (tertiary/aromatic N) is 1. The third-order valence-electron chi connectivity index (χ3n) is 6.09. The molecule has 9 heteroatoms. The molecule has 2 N–H and O–H groups in total. The fraction of sp³-hybridized carbons (Fsp3) is 0.444. The highest BCUT2D eigenvalue weighted by molar-refractivity contribution is 5.98. The number of hydrogen-bond acceptors (Lipinski definition) is 7. The van der Waals surface area contributed by atoms with Gasteiger partial charge in [-0.25, -0.2) is 4.79 Å². The Morgan fingerprint density at radius 2 is 1.61 bits per heavy atom. The number of rotatable bonds is 10. The molecular formula is C27H35N3O6. The molecule has 0 aromatic heterocycles. The summed E-state index contributed by atoms with van der Waals surface area (Å²) in [6.45, 7) is 7.20. The Hall–Kier alpha value is -3.75. The van der Waals surface area contributed by atoms with Crippen molar-refractivity contribution >= 4 is 29.2 Å². The van der Waals surface area contributed by atoms with Gasteiger partial charge >= 0.3 is 5.97 Å². The number of nitrogens with one attached hydrogen (secondary N) is 2. The highest BCUT2D eigenvalue weighted by atomic mass is 16.5. The smallest absolute Gasteiger partial charge is 0.329 e. The Balaban J connectivity index is 1.57. The zero-order chi connectivity index (χ0) is 26.2. The minimum absolute atomic E-state index is 0.266. The Labute approximate surface area is 212 Å². The summed E-state index contributed by atoms with van der Waals surface area (Å²) < 4.78 is 15.6. The van der Waals surface area contributed by atoms with Gasteiger partial charge in [0.2, 0.25) is 0 Å². The van der Waals surface area contributed by atoms with Crippen LogP contribution in [-0.4, -0.2) is 57.7 Å². The maximum absolute atomic E-state index is 12.8. The van der Waals surface area contributed by atoms with Crippen LogP contribution < -0.4 is 25.0 Å². The van der Waals surface area contributed by atoms with Crippen molar-refractivity contribution in [1.29, 1.82) is 0 Å². The Morgan fingerprint density at radius 1 is 0.972 bits per heavy atom. The van der Waals surface area contributed by atoms with E-state index in [1.165, 1.54) is 32.7 Å². The van der Waals surface area contributed by atoms with Crippen molar-refractivity contribution in [1.82, 2.24) is 5.32 Å². The van der Waals surface area contributed by atoms with Crippen LogP contribution in [0.15, 0.2) is 36.4 Å². The second-order valence-corrected chi connectivity index (χ2v) is 9.15. The molecule has 0 unspecified atom stereocenters. The van der Waals surface area contributed by atoms with Crippen molar-refractivity contribution < 1.29 is 28.6 Å². The normalized spacial score (nSPS) is 13.8. The highest BCUT2D eigenvalue weighted by Gasteiger charge is 2.27. The molecule has 3 rings (SSSR count). The molecule has 36 heavy (non-hydrogen) atoms. The van der Waals surface area contributed by atoms with Gasteiger partial charge in [0.05, 0.1) is 14.2 Å². The number of amides is 2. The number of methoxy groups -OCH3 is 2. The quantitative estimate of drug-likeness (QED) is 0.484. The lowest BCUT2D eigenvalue weighted by Gasteiger charge is -2.21. The number of anilines is 2. The van der Waals surface area contributed by atoms with Gasteiger partial charge in [-0.05, 0) is 61.6 Å². The first kappa shape index (κ1) is 26.8. The van der Waals surface area contributed by atoms with Crippen molar-refractivity contribution in [2.45, 2.75) is 39.7 Å². The Kier molecular flexibility index (Phi) is 9.16. The van der Waals surface area contributed by atoms with Gasteiger partial charge in [0, 0.05) is 36.1 Å². The number of hydrogen-bond donors (Lipinski definition) is 2. The lowest BCUT2D eigenvalue weighted by molar-refractivity contribution is -0.150. The molecule has 0 radical (unpaired) electrons. The number of benzene rings is 2. The predicted molar refractivity (Wildman–Crippen MR) is 138 cm³/mol. The van der Waals surface area contributed by atoms with Crippen molar-refractivity contribution in [3.63, 3.8) is 0 Å². The minimum atomic E-state index is -0.940. The summed E-state index contributed by atoms with van der Waals surface area (Å²) in [5.74, 6) is -1.00. The molecule has 1 atom stereocenters. The van der Waals surface area contributed by atoms with Crippen LogP contribution in [0.2, 0.25) is 0 Å². The monoisotopic (exact) mass is 497 g/mol. The standard InChI is InChI=1S/C27H35N3O6/c1-17(2)25(29-26(32)19-13-21(34-4)15-22(14-19)35-5)27(33)36-16-24(31)28-20-8-9-23(18(3)12-20)30-10-6-7-11-30/h8-9,12-15,17,25H,6-7,10-11,16H2,1-5H3,(H,28,31)(H,29,32)/t25-/m1/s1. The molecule has 9 nitrogen and oxygen atoms in total. The van der Waals surface area contributed by atoms with Crippen molar-refractivity contribution in [3.8, 4) is 11.5 Å². The van der Waals surface area contributed by atoms with Gasteiger partial charge in [0.15, 0.2) is 6.61 Å². The summed E-state index contributed by atoms with van der Waals surface area (Å²) in [5.41, 5.74) is 3.15. The van der Waals surface area contributed by atoms with Gasteiger partial charge in [-0.3, -0.25) is 9.59 Å². The Morgan fingerprint density at radius 3 is 2.17 bits per heavy atom. The predicted octanol–water partition coefficient (Wildman–Crippen LogP) is 3.55. The number of aryl methyl sites for hydroxylation is 1. The van der Waals surface area contributed by atoms with E-state index in [1.807, 2.05) is 25.1 Å². The summed E-state index contributed by atoms with van der Waals surface area (Å²) >= 11 is 0. The van der Waals surface area contributed by atoms with Crippen LogP contribution in [0.1, 0.15) is 42.6 Å². The van der Waals surface area contributed by atoms with E-state index >= 15 is 0 Å². The summed E-state index contributed by atoms with van der Waals surface area (Å²) in [7, 11) is 2.97. The number of carbonyl (C=O) groups is 3. The first-order valence-electron chi connectivity index (χ1n) is 12.1. The van der Waals surface area contributed by atoms with Crippen LogP contribution in [0.4, 0.5) is 11.4 Å². The van der Waals surface area contributed by atoms with Crippen LogP contribution >= 0.6 is 0 Å². The van der Waals surface area contributed by atoms with Crippen molar-refractivity contribution in [3.05, 3.63) is 47.5 Å². The first-order chi connectivity index (χ1) is 17.2. The minimum Gasteiger partial charge on any atom is -0.497 e. The molecule has 1 heterocycles. The fourth-order valence-electron chi connectivity index (χ4n) is 4.13. The van der Waals surface area contributed by atoms with E-state index in [1.54, 1.807) is 32.0 Å². The molecule has 0 spiro atoms. The van der Waals surface area contributed by atoms with E-state index in [-0.39, 0.29) is 11.5 Å².